The van der Waals surface area contributed by atoms with E-state index < -0.39 is 17.4 Å². The lowest BCUT2D eigenvalue weighted by molar-refractivity contribution is 0.0696. The highest BCUT2D eigenvalue weighted by atomic mass is 16.5. The maximum absolute atomic E-state index is 12.9. The number of hydrogen-bond donors (Lipinski definition) is 4. The third-order valence-corrected chi connectivity index (χ3v) is 4.22. The number of nitriles is 1. The summed E-state index contributed by atoms with van der Waals surface area (Å²) >= 11 is 0. The summed E-state index contributed by atoms with van der Waals surface area (Å²) in [6, 6.07) is 7.95. The minimum atomic E-state index is -1.08. The number of ether oxygens (including phenoxy) is 1. The first kappa shape index (κ1) is 21.8. The normalized spacial score (nSPS) is 10.6. The molecule has 2 rings (SSSR count). The highest BCUT2D eigenvalue weighted by molar-refractivity contribution is 5.88. The fourth-order valence-electron chi connectivity index (χ4n) is 2.71. The molecule has 154 valence electrons. The zero-order valence-corrected chi connectivity index (χ0v) is 16.5. The van der Waals surface area contributed by atoms with E-state index >= 15 is 0 Å². The topological polar surface area (TPSA) is 137 Å². The molecule has 0 atom stereocenters. The third-order valence-electron chi connectivity index (χ3n) is 4.22. The summed E-state index contributed by atoms with van der Waals surface area (Å²) in [5, 5.41) is 28.8. The van der Waals surface area contributed by atoms with Gasteiger partial charge < -0.3 is 20.4 Å². The molecular formula is C20H24N4O5. The van der Waals surface area contributed by atoms with Crippen LogP contribution in [0.3, 0.4) is 0 Å². The van der Waals surface area contributed by atoms with E-state index in [9.17, 15) is 20.0 Å². The van der Waals surface area contributed by atoms with Gasteiger partial charge in [-0.1, -0.05) is 6.07 Å². The van der Waals surface area contributed by atoms with Gasteiger partial charge in [0.25, 0.3) is 5.56 Å². The molecule has 4 N–H and O–H groups in total. The molecule has 1 aromatic carbocycles. The molecule has 0 radical (unpaired) electrons. The fraction of sp³-hybridized carbons (Fsp3) is 0.350. The molecule has 0 amide bonds. The van der Waals surface area contributed by atoms with Crippen LogP contribution in [-0.4, -0.2) is 33.5 Å². The van der Waals surface area contributed by atoms with Crippen molar-refractivity contribution in [1.82, 2.24) is 4.57 Å². The van der Waals surface area contributed by atoms with Crippen LogP contribution in [0, 0.1) is 18.3 Å². The number of rotatable bonds is 9. The molecule has 2 aromatic rings. The minimum Gasteiger partial charge on any atom is -0.493 e. The molecule has 0 fully saturated rings. The van der Waals surface area contributed by atoms with Crippen molar-refractivity contribution < 1.29 is 19.7 Å². The second-order valence-electron chi connectivity index (χ2n) is 6.68. The number of pyridine rings is 1. The summed E-state index contributed by atoms with van der Waals surface area (Å²) in [5.41, 5.74) is 5.87. The Labute approximate surface area is 168 Å². The Morgan fingerprint density at radius 3 is 2.69 bits per heavy atom. The van der Waals surface area contributed by atoms with E-state index in [0.717, 1.165) is 4.57 Å². The van der Waals surface area contributed by atoms with Crippen LogP contribution in [0.25, 0.3) is 0 Å². The van der Waals surface area contributed by atoms with Gasteiger partial charge in [-0.3, -0.25) is 14.8 Å². The van der Waals surface area contributed by atoms with Crippen molar-refractivity contribution in [3.63, 3.8) is 0 Å². The molecule has 0 spiro atoms. The number of aromatic hydroxyl groups is 1. The largest absolute Gasteiger partial charge is 0.493 e. The minimum absolute atomic E-state index is 0.0158. The number of nitrogens with zero attached hydrogens (tertiary/aromatic N) is 2. The lowest BCUT2D eigenvalue weighted by atomic mass is 10.1. The van der Waals surface area contributed by atoms with Gasteiger partial charge in [-0.2, -0.15) is 5.26 Å². The Morgan fingerprint density at radius 1 is 1.34 bits per heavy atom. The Kier molecular flexibility index (Phi) is 7.22. The molecule has 0 aliphatic carbocycles. The fourth-order valence-corrected chi connectivity index (χ4v) is 2.71. The number of aromatic carboxylic acids is 1. The molecule has 0 aliphatic rings. The maximum Gasteiger partial charge on any atom is 0.335 e. The van der Waals surface area contributed by atoms with Crippen molar-refractivity contribution in [2.75, 3.05) is 17.5 Å². The number of hydrazine groups is 1. The van der Waals surface area contributed by atoms with E-state index in [1.54, 1.807) is 19.1 Å². The monoisotopic (exact) mass is 400 g/mol. The van der Waals surface area contributed by atoms with E-state index in [2.05, 4.69) is 10.9 Å². The van der Waals surface area contributed by atoms with Crippen LogP contribution in [0.2, 0.25) is 0 Å². The highest BCUT2D eigenvalue weighted by Gasteiger charge is 2.19. The standard InChI is InChI=1S/C20H24N4O5/c1-12(2)29-9-5-8-24-18(25)16(11-21)13(3)17(19(24)26)23-22-15-7-4-6-14(10-15)20(27)28/h4,6-7,10,12,22-23,25H,5,8-9H2,1-3H3,(H,27,28). The molecule has 0 saturated carbocycles. The van der Waals surface area contributed by atoms with Gasteiger partial charge in [0.15, 0.2) is 0 Å². The van der Waals surface area contributed by atoms with Crippen LogP contribution < -0.4 is 16.4 Å². The zero-order chi connectivity index (χ0) is 21.6. The smallest absolute Gasteiger partial charge is 0.335 e. The average molecular weight is 400 g/mol. The van der Waals surface area contributed by atoms with E-state index in [1.807, 2.05) is 19.9 Å². The van der Waals surface area contributed by atoms with Gasteiger partial charge in [0.1, 0.15) is 17.3 Å². The number of carboxylic acids is 1. The Morgan fingerprint density at radius 2 is 2.07 bits per heavy atom. The molecule has 0 unspecified atom stereocenters. The number of nitrogens with one attached hydrogen (secondary N) is 2. The zero-order valence-electron chi connectivity index (χ0n) is 16.5. The predicted octanol–water partition coefficient (Wildman–Crippen LogP) is 2.69. The number of hydrogen-bond acceptors (Lipinski definition) is 7. The molecule has 1 heterocycles. The summed E-state index contributed by atoms with van der Waals surface area (Å²) in [4.78, 5) is 24.0. The number of benzene rings is 1. The van der Waals surface area contributed by atoms with E-state index in [1.165, 1.54) is 12.1 Å². The first-order valence-corrected chi connectivity index (χ1v) is 9.09. The lowest BCUT2D eigenvalue weighted by Gasteiger charge is -2.17. The van der Waals surface area contributed by atoms with Crippen molar-refractivity contribution in [3.8, 4) is 11.9 Å². The predicted molar refractivity (Wildman–Crippen MR) is 108 cm³/mol. The van der Waals surface area contributed by atoms with Crippen LogP contribution in [0.15, 0.2) is 29.1 Å². The summed E-state index contributed by atoms with van der Waals surface area (Å²) in [5.74, 6) is -1.47. The summed E-state index contributed by atoms with van der Waals surface area (Å²) in [6.07, 6.45) is 0.531. The Bertz CT molecular complexity index is 992. The van der Waals surface area contributed by atoms with Crippen molar-refractivity contribution in [2.45, 2.75) is 39.8 Å². The second kappa shape index (κ2) is 9.61. The molecule has 9 heteroatoms. The van der Waals surface area contributed by atoms with Crippen LogP contribution in [0.4, 0.5) is 11.4 Å². The van der Waals surface area contributed by atoms with Crippen LogP contribution in [0.1, 0.15) is 41.8 Å². The van der Waals surface area contributed by atoms with Gasteiger partial charge in [0.05, 0.1) is 17.4 Å². The van der Waals surface area contributed by atoms with Crippen LogP contribution in [-0.2, 0) is 11.3 Å². The van der Waals surface area contributed by atoms with E-state index in [0.29, 0.717) is 18.7 Å². The van der Waals surface area contributed by atoms with E-state index in [-0.39, 0.29) is 35.0 Å². The Balaban J connectivity index is 2.30. The van der Waals surface area contributed by atoms with Crippen molar-refractivity contribution in [1.29, 1.82) is 5.26 Å². The summed E-state index contributed by atoms with van der Waals surface area (Å²) in [7, 11) is 0. The quantitative estimate of drug-likeness (QED) is 0.372. The van der Waals surface area contributed by atoms with Crippen LogP contribution in [0.5, 0.6) is 5.88 Å². The van der Waals surface area contributed by atoms with Gasteiger partial charge in [-0.25, -0.2) is 4.79 Å². The molecule has 9 nitrogen and oxygen atoms in total. The van der Waals surface area contributed by atoms with Gasteiger partial charge >= 0.3 is 5.97 Å². The molecule has 0 saturated heterocycles. The van der Waals surface area contributed by atoms with Crippen molar-refractivity contribution >= 4 is 17.3 Å². The molecule has 1 aromatic heterocycles. The highest BCUT2D eigenvalue weighted by Crippen LogP contribution is 2.24. The van der Waals surface area contributed by atoms with Crippen molar-refractivity contribution in [3.05, 3.63) is 51.3 Å². The summed E-state index contributed by atoms with van der Waals surface area (Å²) < 4.78 is 6.57. The van der Waals surface area contributed by atoms with Crippen molar-refractivity contribution in [2.24, 2.45) is 0 Å². The average Bonchev–Trinajstić information content (AvgIpc) is 2.67. The first-order chi connectivity index (χ1) is 13.8. The number of anilines is 2. The van der Waals surface area contributed by atoms with Gasteiger partial charge in [-0.15, -0.1) is 0 Å². The number of carboxylic acid groups (broad SMARTS) is 1. The second-order valence-corrected chi connectivity index (χ2v) is 6.68. The van der Waals surface area contributed by atoms with Gasteiger partial charge in [0, 0.05) is 18.7 Å². The lowest BCUT2D eigenvalue weighted by Crippen LogP contribution is -2.28. The van der Waals surface area contributed by atoms with Gasteiger partial charge in [0.2, 0.25) is 5.88 Å². The van der Waals surface area contributed by atoms with Gasteiger partial charge in [-0.05, 0) is 45.4 Å². The number of aromatic nitrogens is 1. The third kappa shape index (κ3) is 5.27. The summed E-state index contributed by atoms with van der Waals surface area (Å²) in [6.45, 7) is 5.92. The molecular weight excluding hydrogens is 376 g/mol. The Hall–Kier alpha value is -3.51. The van der Waals surface area contributed by atoms with Crippen LogP contribution >= 0.6 is 0 Å². The molecule has 0 aliphatic heterocycles. The maximum atomic E-state index is 12.9. The molecule has 0 bridgehead atoms. The SMILES string of the molecule is Cc1c(C#N)c(O)n(CCCOC(C)C)c(=O)c1NNc1cccc(C(=O)O)c1. The first-order valence-electron chi connectivity index (χ1n) is 9.09. The van der Waals surface area contributed by atoms with E-state index in [4.69, 9.17) is 9.84 Å². The number of carbonyl (C=O) groups is 1. The molecule has 29 heavy (non-hydrogen) atoms.